The maximum absolute atomic E-state index is 3.40. The molecule has 0 nitrogen and oxygen atoms in total. The SMILES string of the molecule is Br.C=[CH][Sm]. The molecule has 0 aliphatic rings. The van der Waals surface area contributed by atoms with Gasteiger partial charge in [0.25, 0.3) is 0 Å². The van der Waals surface area contributed by atoms with Crippen LogP contribution in [0.4, 0.5) is 0 Å². The van der Waals surface area contributed by atoms with Gasteiger partial charge in [-0.25, -0.2) is 0 Å². The van der Waals surface area contributed by atoms with Crippen molar-refractivity contribution in [2.24, 2.45) is 0 Å². The number of halogens is 1. The Kier molecular flexibility index (Phi) is 20.1. The van der Waals surface area contributed by atoms with E-state index in [-0.39, 0.29) is 17.0 Å². The third-order valence-electron chi connectivity index (χ3n) is 0. The zero-order valence-corrected chi connectivity index (χ0v) is 6.43. The van der Waals surface area contributed by atoms with Crippen LogP contribution in [0.15, 0.2) is 8.37 Å². The van der Waals surface area contributed by atoms with Crippen LogP contribution in [0.3, 0.4) is 0 Å². The molecule has 0 aliphatic heterocycles. The summed E-state index contributed by atoms with van der Waals surface area (Å²) in [6.07, 6.45) is 0. The zero-order chi connectivity index (χ0) is 2.71. The van der Waals surface area contributed by atoms with Crippen molar-refractivity contribution in [3.8, 4) is 0 Å². The Labute approximate surface area is 62.7 Å². The van der Waals surface area contributed by atoms with Crippen LogP contribution in [0.1, 0.15) is 0 Å². The summed E-state index contributed by atoms with van der Waals surface area (Å²) in [4.78, 5) is 0. The first-order valence-corrected chi connectivity index (χ1v) is 2.16. The van der Waals surface area contributed by atoms with Crippen LogP contribution in [0.5, 0.6) is 0 Å². The molecule has 0 aromatic rings. The average molecular weight is 258 g/mol. The van der Waals surface area contributed by atoms with Crippen LogP contribution < -0.4 is 0 Å². The molecule has 0 heterocycles. The van der Waals surface area contributed by atoms with E-state index in [9.17, 15) is 0 Å². The van der Waals surface area contributed by atoms with E-state index in [0.717, 1.165) is 0 Å². The van der Waals surface area contributed by atoms with Gasteiger partial charge in [0.1, 0.15) is 0 Å². The van der Waals surface area contributed by atoms with Crippen molar-refractivity contribution in [1.82, 2.24) is 0 Å². The molecule has 0 spiro atoms. The summed E-state index contributed by atoms with van der Waals surface area (Å²) in [6, 6.07) is 0. The van der Waals surface area contributed by atoms with Crippen molar-refractivity contribution in [3.63, 3.8) is 0 Å². The minimum absolute atomic E-state index is 0. The van der Waals surface area contributed by atoms with Gasteiger partial charge in [0.2, 0.25) is 0 Å². The normalized spacial score (nSPS) is 3.00. The van der Waals surface area contributed by atoms with Crippen molar-refractivity contribution < 1.29 is 38.3 Å². The van der Waals surface area contributed by atoms with Crippen LogP contribution in [-0.4, -0.2) is 0 Å². The van der Waals surface area contributed by atoms with Gasteiger partial charge < -0.3 is 0 Å². The Hall–Kier alpha value is 1.56. The van der Waals surface area contributed by atoms with Gasteiger partial charge >= 0.3 is 46.7 Å². The molecule has 0 radical (unpaired) electrons. The molecule has 0 saturated heterocycles. The van der Waals surface area contributed by atoms with Crippen molar-refractivity contribution in [2.75, 3.05) is 0 Å². The fraction of sp³-hybridized carbons (Fsp3) is 0. The summed E-state index contributed by atoms with van der Waals surface area (Å²) in [5.41, 5.74) is 0. The Balaban J connectivity index is 0. The molecular formula is C2H4BrSm. The van der Waals surface area contributed by atoms with Crippen LogP contribution >= 0.6 is 17.0 Å². The Morgan fingerprint density at radius 3 is 1.75 bits per heavy atom. The molecule has 0 aromatic carbocycles. The van der Waals surface area contributed by atoms with Crippen LogP contribution in [-0.2, 0) is 0 Å². The molecule has 0 N–H and O–H groups in total. The third-order valence-corrected chi connectivity index (χ3v) is 0. The summed E-state index contributed by atoms with van der Waals surface area (Å²) >= 11 is 1.44. The third kappa shape index (κ3) is 9.59. The van der Waals surface area contributed by atoms with E-state index in [1.54, 1.807) is 0 Å². The van der Waals surface area contributed by atoms with Crippen molar-refractivity contribution in [2.45, 2.75) is 0 Å². The van der Waals surface area contributed by atoms with Gasteiger partial charge in [0.15, 0.2) is 0 Å². The van der Waals surface area contributed by atoms with Crippen LogP contribution in [0.25, 0.3) is 0 Å². The van der Waals surface area contributed by atoms with Crippen LogP contribution in [0.2, 0.25) is 0 Å². The Bertz CT molecular complexity index is 13.5. The topological polar surface area (TPSA) is 0 Å². The molecule has 0 bridgehead atoms. The van der Waals surface area contributed by atoms with Gasteiger partial charge in [-0.1, -0.05) is 0 Å². The minimum atomic E-state index is 0. The fourth-order valence-corrected chi connectivity index (χ4v) is 0. The standard InChI is InChI=1S/C2H3.BrH.Sm/c1-2;;/h1H,2H2;1H;. The zero-order valence-electron chi connectivity index (χ0n) is 2.10. The number of hydrogen-bond donors (Lipinski definition) is 0. The molecule has 0 fully saturated rings. The summed E-state index contributed by atoms with van der Waals surface area (Å²) in [5, 5.41) is 0. The second kappa shape index (κ2) is 8.82. The van der Waals surface area contributed by atoms with Crippen molar-refractivity contribution in [3.05, 3.63) is 8.37 Å². The molecule has 0 saturated carbocycles. The summed E-state index contributed by atoms with van der Waals surface area (Å²) in [5.74, 6) is 0. The van der Waals surface area contributed by atoms with Crippen LogP contribution in [0, 0.1) is 38.3 Å². The molecule has 0 aliphatic carbocycles. The van der Waals surface area contributed by atoms with Gasteiger partial charge in [-0.3, -0.25) is 0 Å². The molecule has 4 heavy (non-hydrogen) atoms. The number of rotatable bonds is 0. The van der Waals surface area contributed by atoms with E-state index in [4.69, 9.17) is 0 Å². The first-order valence-electron chi connectivity index (χ1n) is 0.644. The fourth-order valence-electron chi connectivity index (χ4n) is 0. The summed E-state index contributed by atoms with van der Waals surface area (Å²) < 4.78 is 1.83. The Morgan fingerprint density at radius 1 is 1.75 bits per heavy atom. The molecule has 25 valence electrons. The molecule has 0 amide bonds. The summed E-state index contributed by atoms with van der Waals surface area (Å²) in [6.45, 7) is 3.40. The second-order valence-electron chi connectivity index (χ2n) is 0.167. The van der Waals surface area contributed by atoms with Gasteiger partial charge in [-0.15, -0.1) is 17.0 Å². The van der Waals surface area contributed by atoms with Gasteiger partial charge in [0, 0.05) is 0 Å². The molecule has 2 heteroatoms. The van der Waals surface area contributed by atoms with Gasteiger partial charge in [-0.05, 0) is 0 Å². The van der Waals surface area contributed by atoms with E-state index >= 15 is 0 Å². The predicted molar refractivity (Wildman–Crippen MR) is 20.5 cm³/mol. The van der Waals surface area contributed by atoms with E-state index < -0.39 is 0 Å². The van der Waals surface area contributed by atoms with Gasteiger partial charge in [-0.2, -0.15) is 0 Å². The molecule has 0 aromatic heterocycles. The van der Waals surface area contributed by atoms with E-state index in [1.165, 1.54) is 38.3 Å². The van der Waals surface area contributed by atoms with Crippen molar-refractivity contribution >= 4 is 17.0 Å². The quantitative estimate of drug-likeness (QED) is 0.613. The first kappa shape index (κ1) is 9.12. The van der Waals surface area contributed by atoms with E-state index in [1.807, 2.05) is 1.79 Å². The molecular weight excluding hydrogens is 254 g/mol. The maximum atomic E-state index is 3.40. The first-order chi connectivity index (χ1) is 1.41. The van der Waals surface area contributed by atoms with E-state index in [0.29, 0.717) is 0 Å². The summed E-state index contributed by atoms with van der Waals surface area (Å²) in [7, 11) is 0. The molecule has 0 atom stereocenters. The monoisotopic (exact) mass is 259 g/mol. The molecule has 0 rings (SSSR count). The predicted octanol–water partition coefficient (Wildman–Crippen LogP) is 1.26. The number of hydrogen-bond acceptors (Lipinski definition) is 0. The molecule has 0 unspecified atom stereocenters. The Morgan fingerprint density at radius 2 is 1.75 bits per heavy atom. The average Bonchev–Trinajstić information content (AvgIpc) is 0.918. The van der Waals surface area contributed by atoms with Crippen molar-refractivity contribution in [1.29, 1.82) is 0 Å². The van der Waals surface area contributed by atoms with E-state index in [2.05, 4.69) is 6.58 Å². The van der Waals surface area contributed by atoms with Gasteiger partial charge in [0.05, 0.1) is 0 Å². The second-order valence-corrected chi connectivity index (χ2v) is 1.24.